The topological polar surface area (TPSA) is 61.8 Å². The number of carbonyl (C=O) groups is 2. The summed E-state index contributed by atoms with van der Waals surface area (Å²) in [7, 11) is 0. The minimum Gasteiger partial charge on any atom is -0.459 e. The highest BCUT2D eigenvalue weighted by atomic mass is 16.7. The van der Waals surface area contributed by atoms with Crippen LogP contribution in [0.15, 0.2) is 12.2 Å². The van der Waals surface area contributed by atoms with E-state index in [1.54, 1.807) is 0 Å². The van der Waals surface area contributed by atoms with Gasteiger partial charge in [-0.05, 0) is 80.5 Å². The van der Waals surface area contributed by atoms with E-state index in [0.717, 1.165) is 42.4 Å². The molecule has 0 heterocycles. The number of fused-ring (bicyclic) bond motifs is 9. The van der Waals surface area contributed by atoms with E-state index in [9.17, 15) is 9.59 Å². The third-order valence-electron chi connectivity index (χ3n) is 7.34. The smallest absolute Gasteiger partial charge is 0.333 e. The summed E-state index contributed by atoms with van der Waals surface area (Å²) in [6.07, 6.45) is 8.73. The molecule has 0 N–H and O–H groups in total. The number of hydrogen-bond acceptors (Lipinski definition) is 5. The highest BCUT2D eigenvalue weighted by Crippen LogP contribution is 2.67. The zero-order valence-corrected chi connectivity index (χ0v) is 17.7. The molecule has 4 saturated carbocycles. The number of carbonyl (C=O) groups excluding carboxylic acids is 2. The molecule has 0 radical (unpaired) electrons. The predicted octanol–water partition coefficient (Wildman–Crippen LogP) is 4.50. The number of esters is 2. The van der Waals surface area contributed by atoms with Crippen LogP contribution in [0.25, 0.3) is 0 Å². The maximum atomic E-state index is 11.9. The monoisotopic (exact) mass is 392 g/mol. The van der Waals surface area contributed by atoms with Gasteiger partial charge < -0.3 is 14.2 Å². The van der Waals surface area contributed by atoms with Crippen molar-refractivity contribution in [1.29, 1.82) is 0 Å². The first-order chi connectivity index (χ1) is 13.5. The van der Waals surface area contributed by atoms with Gasteiger partial charge in [0.15, 0.2) is 6.79 Å². The van der Waals surface area contributed by atoms with Crippen LogP contribution in [0.1, 0.15) is 65.7 Å². The summed E-state index contributed by atoms with van der Waals surface area (Å²) in [5.74, 6) is 4.97. The highest BCUT2D eigenvalue weighted by molar-refractivity contribution is 5.87. The van der Waals surface area contributed by atoms with E-state index < -0.39 is 0 Å². The molecule has 158 valence electrons. The van der Waals surface area contributed by atoms with Gasteiger partial charge >= 0.3 is 11.9 Å². The standard InChI is InChI=1S/C17H24O2.C6H12O3/c1-3-9(2)17(18)19-14-8-12-7-13(14)16-11-5-4-10(6-11)15(12)16;1-3-4-8-5-9-6(2)7/h10-16H,2-8H2,1H3;3-5H2,1-2H3. The van der Waals surface area contributed by atoms with Gasteiger partial charge in [0.2, 0.25) is 0 Å². The lowest BCUT2D eigenvalue weighted by Gasteiger charge is -2.38. The average Bonchev–Trinajstić information content (AvgIpc) is 3.44. The van der Waals surface area contributed by atoms with Gasteiger partial charge in [0.25, 0.3) is 0 Å². The van der Waals surface area contributed by atoms with Gasteiger partial charge in [-0.15, -0.1) is 0 Å². The van der Waals surface area contributed by atoms with Crippen molar-refractivity contribution in [1.82, 2.24) is 0 Å². The van der Waals surface area contributed by atoms with Crippen molar-refractivity contribution in [3.63, 3.8) is 0 Å². The fraction of sp³-hybridized carbons (Fsp3) is 0.826. The Kier molecular flexibility index (Phi) is 7.19. The molecule has 0 saturated heterocycles. The summed E-state index contributed by atoms with van der Waals surface area (Å²) in [4.78, 5) is 22.0. The third kappa shape index (κ3) is 4.45. The maximum Gasteiger partial charge on any atom is 0.333 e. The Morgan fingerprint density at radius 3 is 2.36 bits per heavy atom. The third-order valence-corrected chi connectivity index (χ3v) is 7.34. The van der Waals surface area contributed by atoms with E-state index >= 15 is 0 Å². The van der Waals surface area contributed by atoms with Crippen LogP contribution < -0.4 is 0 Å². The van der Waals surface area contributed by atoms with Gasteiger partial charge in [-0.25, -0.2) is 4.79 Å². The van der Waals surface area contributed by atoms with Crippen LogP contribution in [-0.2, 0) is 23.8 Å². The lowest BCUT2D eigenvalue weighted by Crippen LogP contribution is -2.37. The second kappa shape index (κ2) is 9.43. The predicted molar refractivity (Wildman–Crippen MR) is 106 cm³/mol. The van der Waals surface area contributed by atoms with Crippen LogP contribution in [0.4, 0.5) is 0 Å². The molecule has 0 spiro atoms. The number of ether oxygens (including phenoxy) is 3. The molecule has 5 heteroatoms. The minimum absolute atomic E-state index is 0.0865. The molecule has 0 aromatic heterocycles. The molecule has 28 heavy (non-hydrogen) atoms. The summed E-state index contributed by atoms with van der Waals surface area (Å²) in [6, 6.07) is 0. The van der Waals surface area contributed by atoms with Crippen LogP contribution in [0, 0.1) is 35.5 Å². The van der Waals surface area contributed by atoms with Crippen molar-refractivity contribution in [3.8, 4) is 0 Å². The van der Waals surface area contributed by atoms with Crippen molar-refractivity contribution in [2.45, 2.75) is 71.8 Å². The van der Waals surface area contributed by atoms with Gasteiger partial charge in [0, 0.05) is 12.5 Å². The zero-order chi connectivity index (χ0) is 20.3. The summed E-state index contributed by atoms with van der Waals surface area (Å²) in [5, 5.41) is 0. The van der Waals surface area contributed by atoms with Gasteiger partial charge in [-0.3, -0.25) is 4.79 Å². The fourth-order valence-electron chi connectivity index (χ4n) is 6.33. The van der Waals surface area contributed by atoms with Crippen LogP contribution in [0.2, 0.25) is 0 Å². The Bertz CT molecular complexity index is 586. The first-order valence-corrected chi connectivity index (χ1v) is 11.1. The Balaban J connectivity index is 0.000000215. The molecule has 7 unspecified atom stereocenters. The summed E-state index contributed by atoms with van der Waals surface area (Å²) in [6.45, 7) is 9.86. The highest BCUT2D eigenvalue weighted by Gasteiger charge is 2.63. The van der Waals surface area contributed by atoms with Crippen molar-refractivity contribution >= 4 is 11.9 Å². The molecule has 0 amide bonds. The second-order valence-electron chi connectivity index (χ2n) is 8.95. The number of rotatable bonds is 7. The first kappa shape index (κ1) is 21.4. The molecule has 0 aliphatic heterocycles. The SMILES string of the molecule is C=C(CC)C(=O)OC1CC2CC1C1C3CCC(C3)C21.CCCOCOC(C)=O. The lowest BCUT2D eigenvalue weighted by molar-refractivity contribution is -0.153. The first-order valence-electron chi connectivity index (χ1n) is 11.1. The Morgan fingerprint density at radius 1 is 1.00 bits per heavy atom. The van der Waals surface area contributed by atoms with E-state index in [0.29, 0.717) is 24.5 Å². The molecule has 4 fully saturated rings. The normalized spacial score (nSPS) is 36.5. The summed E-state index contributed by atoms with van der Waals surface area (Å²) in [5.41, 5.74) is 0.632. The van der Waals surface area contributed by atoms with Crippen molar-refractivity contribution < 1.29 is 23.8 Å². The van der Waals surface area contributed by atoms with Gasteiger partial charge in [-0.2, -0.15) is 0 Å². The molecular weight excluding hydrogens is 356 g/mol. The summed E-state index contributed by atoms with van der Waals surface area (Å²) < 4.78 is 15.1. The van der Waals surface area contributed by atoms with Crippen LogP contribution in [0.5, 0.6) is 0 Å². The van der Waals surface area contributed by atoms with E-state index in [1.807, 2.05) is 13.8 Å². The largest absolute Gasteiger partial charge is 0.459 e. The van der Waals surface area contributed by atoms with Crippen molar-refractivity contribution in [3.05, 3.63) is 12.2 Å². The summed E-state index contributed by atoms with van der Waals surface area (Å²) >= 11 is 0. The minimum atomic E-state index is -0.300. The molecule has 4 aliphatic rings. The van der Waals surface area contributed by atoms with E-state index in [4.69, 9.17) is 9.47 Å². The van der Waals surface area contributed by atoms with Gasteiger partial charge in [-0.1, -0.05) is 20.4 Å². The molecular formula is C23H36O5. The average molecular weight is 393 g/mol. The quantitative estimate of drug-likeness (QED) is 0.210. The molecule has 0 aromatic carbocycles. The maximum absolute atomic E-state index is 11.9. The van der Waals surface area contributed by atoms with Gasteiger partial charge in [0.05, 0.1) is 6.61 Å². The second-order valence-corrected chi connectivity index (χ2v) is 8.95. The van der Waals surface area contributed by atoms with Crippen molar-refractivity contribution in [2.24, 2.45) is 35.5 Å². The van der Waals surface area contributed by atoms with Crippen LogP contribution in [-0.4, -0.2) is 31.4 Å². The lowest BCUT2D eigenvalue weighted by atomic mass is 9.70. The van der Waals surface area contributed by atoms with E-state index in [2.05, 4.69) is 11.3 Å². The molecule has 4 bridgehead atoms. The molecule has 5 nitrogen and oxygen atoms in total. The van der Waals surface area contributed by atoms with Crippen LogP contribution in [0.3, 0.4) is 0 Å². The van der Waals surface area contributed by atoms with Crippen LogP contribution >= 0.6 is 0 Å². The van der Waals surface area contributed by atoms with E-state index in [-0.39, 0.29) is 24.8 Å². The Hall–Kier alpha value is -1.36. The molecule has 4 aliphatic carbocycles. The molecule has 7 atom stereocenters. The fourth-order valence-corrected chi connectivity index (χ4v) is 6.33. The van der Waals surface area contributed by atoms with Crippen molar-refractivity contribution in [2.75, 3.05) is 13.4 Å². The Morgan fingerprint density at radius 2 is 1.71 bits per heavy atom. The van der Waals surface area contributed by atoms with E-state index in [1.165, 1.54) is 32.6 Å². The Labute approximate surface area is 169 Å². The number of hydrogen-bond donors (Lipinski definition) is 0. The molecule has 0 aromatic rings. The van der Waals surface area contributed by atoms with Gasteiger partial charge in [0.1, 0.15) is 6.10 Å². The molecule has 4 rings (SSSR count). The zero-order valence-electron chi connectivity index (χ0n) is 17.7.